The quantitative estimate of drug-likeness (QED) is 0.859. The van der Waals surface area contributed by atoms with Crippen molar-refractivity contribution in [3.05, 3.63) is 53.9 Å². The molecule has 0 aliphatic carbocycles. The van der Waals surface area contributed by atoms with Crippen LogP contribution in [0, 0.1) is 5.92 Å². The molecule has 0 atom stereocenters. The average Bonchev–Trinajstić information content (AvgIpc) is 3.13. The lowest BCUT2D eigenvalue weighted by Gasteiger charge is -2.30. The van der Waals surface area contributed by atoms with Gasteiger partial charge in [-0.25, -0.2) is 4.79 Å². The number of hydrogen-bond acceptors (Lipinski definition) is 3. The van der Waals surface area contributed by atoms with Crippen molar-refractivity contribution in [3.8, 4) is 0 Å². The van der Waals surface area contributed by atoms with Crippen molar-refractivity contribution in [2.24, 2.45) is 11.7 Å². The van der Waals surface area contributed by atoms with E-state index in [0.29, 0.717) is 39.0 Å². The summed E-state index contributed by atoms with van der Waals surface area (Å²) in [6.07, 6.45) is 4.96. The molecule has 1 aliphatic rings. The average molecular weight is 341 g/mol. The van der Waals surface area contributed by atoms with Crippen LogP contribution in [0.4, 0.5) is 4.79 Å². The summed E-state index contributed by atoms with van der Waals surface area (Å²) in [5.74, 6) is -0.378. The fourth-order valence-electron chi connectivity index (χ4n) is 3.08. The highest BCUT2D eigenvalue weighted by molar-refractivity contribution is 5.78. The number of likely N-dealkylation sites (tertiary alicyclic amines) is 1. The zero-order valence-corrected chi connectivity index (χ0v) is 14.1. The van der Waals surface area contributed by atoms with Crippen molar-refractivity contribution >= 4 is 11.9 Å². The molecule has 25 heavy (non-hydrogen) atoms. The van der Waals surface area contributed by atoms with Gasteiger partial charge in [-0.2, -0.15) is 5.10 Å². The summed E-state index contributed by atoms with van der Waals surface area (Å²) >= 11 is 0. The van der Waals surface area contributed by atoms with Gasteiger partial charge in [0.2, 0.25) is 5.91 Å². The second-order valence-corrected chi connectivity index (χ2v) is 6.35. The lowest BCUT2D eigenvalue weighted by atomic mass is 9.96. The van der Waals surface area contributed by atoms with Crippen LogP contribution in [0.2, 0.25) is 0 Å². The van der Waals surface area contributed by atoms with Crippen LogP contribution in [-0.2, 0) is 17.9 Å². The first-order chi connectivity index (χ1) is 12.1. The molecular weight excluding hydrogens is 318 g/mol. The van der Waals surface area contributed by atoms with Gasteiger partial charge < -0.3 is 16.0 Å². The smallest absolute Gasteiger partial charge is 0.317 e. The Morgan fingerprint density at radius 2 is 1.96 bits per heavy atom. The van der Waals surface area contributed by atoms with E-state index >= 15 is 0 Å². The lowest BCUT2D eigenvalue weighted by molar-refractivity contribution is -0.123. The Morgan fingerprint density at radius 3 is 2.64 bits per heavy atom. The molecule has 1 saturated heterocycles. The molecule has 0 spiro atoms. The predicted molar refractivity (Wildman–Crippen MR) is 93.5 cm³/mol. The van der Waals surface area contributed by atoms with Crippen LogP contribution in [0.3, 0.4) is 0 Å². The summed E-state index contributed by atoms with van der Waals surface area (Å²) in [6.45, 7) is 2.31. The molecule has 3 amide bonds. The van der Waals surface area contributed by atoms with Gasteiger partial charge in [-0.1, -0.05) is 24.3 Å². The fraction of sp³-hybridized carbons (Fsp3) is 0.389. The van der Waals surface area contributed by atoms with Crippen molar-refractivity contribution in [1.29, 1.82) is 0 Å². The number of nitrogens with one attached hydrogen (secondary N) is 1. The van der Waals surface area contributed by atoms with E-state index < -0.39 is 0 Å². The van der Waals surface area contributed by atoms with E-state index in [-0.39, 0.29) is 17.9 Å². The zero-order valence-electron chi connectivity index (χ0n) is 14.1. The number of urea groups is 1. The van der Waals surface area contributed by atoms with Crippen molar-refractivity contribution in [1.82, 2.24) is 20.0 Å². The Bertz CT molecular complexity index is 721. The number of carbonyl (C=O) groups excluding carboxylic acids is 2. The molecule has 1 aromatic heterocycles. The summed E-state index contributed by atoms with van der Waals surface area (Å²) in [4.78, 5) is 25.2. The molecule has 2 heterocycles. The van der Waals surface area contributed by atoms with E-state index in [9.17, 15) is 9.59 Å². The molecule has 1 fully saturated rings. The molecule has 0 unspecified atom stereocenters. The van der Waals surface area contributed by atoms with E-state index in [1.807, 2.05) is 35.1 Å². The van der Waals surface area contributed by atoms with Crippen LogP contribution < -0.4 is 11.1 Å². The third kappa shape index (κ3) is 4.59. The third-order valence-electron chi connectivity index (χ3n) is 4.52. The topological polar surface area (TPSA) is 93.3 Å². The maximum atomic E-state index is 12.3. The highest BCUT2D eigenvalue weighted by atomic mass is 16.2. The van der Waals surface area contributed by atoms with E-state index in [0.717, 1.165) is 11.1 Å². The van der Waals surface area contributed by atoms with Crippen LogP contribution >= 0.6 is 0 Å². The maximum Gasteiger partial charge on any atom is 0.317 e. The summed E-state index contributed by atoms with van der Waals surface area (Å²) in [5, 5.41) is 7.15. The maximum absolute atomic E-state index is 12.3. The second-order valence-electron chi connectivity index (χ2n) is 6.35. The standard InChI is InChI=1S/C18H23N5O2/c19-17(24)16-5-9-22(10-6-16)18(25)20-12-14-3-1-4-15(11-14)13-23-8-2-7-21-23/h1-4,7-8,11,16H,5-6,9-10,12-13H2,(H2,19,24)(H,20,25). The molecule has 3 N–H and O–H groups in total. The summed E-state index contributed by atoms with van der Waals surface area (Å²) in [5.41, 5.74) is 7.50. The minimum atomic E-state index is -0.269. The normalized spacial score (nSPS) is 15.1. The number of aromatic nitrogens is 2. The van der Waals surface area contributed by atoms with Gasteiger partial charge in [0, 0.05) is 37.9 Å². The molecule has 132 valence electrons. The molecule has 7 nitrogen and oxygen atoms in total. The highest BCUT2D eigenvalue weighted by Gasteiger charge is 2.25. The first kappa shape index (κ1) is 17.0. The number of carbonyl (C=O) groups is 2. The Balaban J connectivity index is 1.50. The van der Waals surface area contributed by atoms with Gasteiger partial charge >= 0.3 is 6.03 Å². The highest BCUT2D eigenvalue weighted by Crippen LogP contribution is 2.16. The van der Waals surface area contributed by atoms with Crippen LogP contribution in [0.25, 0.3) is 0 Å². The van der Waals surface area contributed by atoms with Gasteiger partial charge in [-0.15, -0.1) is 0 Å². The van der Waals surface area contributed by atoms with E-state index in [1.54, 1.807) is 11.1 Å². The molecule has 1 aliphatic heterocycles. The zero-order chi connectivity index (χ0) is 17.6. The van der Waals surface area contributed by atoms with E-state index in [1.165, 1.54) is 0 Å². The summed E-state index contributed by atoms with van der Waals surface area (Å²) in [7, 11) is 0. The van der Waals surface area contributed by atoms with Crippen molar-refractivity contribution in [2.45, 2.75) is 25.9 Å². The predicted octanol–water partition coefficient (Wildman–Crippen LogP) is 1.34. The van der Waals surface area contributed by atoms with Gasteiger partial charge in [-0.3, -0.25) is 9.48 Å². The van der Waals surface area contributed by atoms with Crippen LogP contribution in [0.1, 0.15) is 24.0 Å². The molecule has 7 heteroatoms. The number of rotatable bonds is 5. The van der Waals surface area contributed by atoms with Crippen LogP contribution in [0.15, 0.2) is 42.7 Å². The van der Waals surface area contributed by atoms with Crippen molar-refractivity contribution in [3.63, 3.8) is 0 Å². The number of hydrogen-bond donors (Lipinski definition) is 2. The van der Waals surface area contributed by atoms with Crippen LogP contribution in [-0.4, -0.2) is 39.7 Å². The molecule has 2 aromatic rings. The number of nitrogens with two attached hydrogens (primary N) is 1. The van der Waals surface area contributed by atoms with Gasteiger partial charge in [-0.05, 0) is 30.0 Å². The largest absolute Gasteiger partial charge is 0.369 e. The number of amides is 3. The lowest BCUT2D eigenvalue weighted by Crippen LogP contribution is -2.46. The summed E-state index contributed by atoms with van der Waals surface area (Å²) < 4.78 is 1.86. The van der Waals surface area contributed by atoms with Crippen molar-refractivity contribution < 1.29 is 9.59 Å². The second kappa shape index (κ2) is 7.83. The molecule has 3 rings (SSSR count). The SMILES string of the molecule is NC(=O)C1CCN(C(=O)NCc2cccc(Cn3cccn3)c2)CC1. The van der Waals surface area contributed by atoms with Crippen molar-refractivity contribution in [2.75, 3.05) is 13.1 Å². The fourth-order valence-corrected chi connectivity index (χ4v) is 3.08. The third-order valence-corrected chi connectivity index (χ3v) is 4.52. The Morgan fingerprint density at radius 1 is 1.20 bits per heavy atom. The number of primary amides is 1. The molecule has 0 radical (unpaired) electrons. The Hall–Kier alpha value is -2.83. The van der Waals surface area contributed by atoms with Gasteiger partial charge in [0.15, 0.2) is 0 Å². The number of piperidine rings is 1. The van der Waals surface area contributed by atoms with Gasteiger partial charge in [0.05, 0.1) is 6.54 Å². The first-order valence-corrected chi connectivity index (χ1v) is 8.49. The molecule has 0 saturated carbocycles. The first-order valence-electron chi connectivity index (χ1n) is 8.49. The Kier molecular flexibility index (Phi) is 5.33. The Labute approximate surface area is 146 Å². The number of nitrogens with zero attached hydrogens (tertiary/aromatic N) is 3. The molecular formula is C18H23N5O2. The van der Waals surface area contributed by atoms with Gasteiger partial charge in [0.25, 0.3) is 0 Å². The van der Waals surface area contributed by atoms with E-state index in [2.05, 4.69) is 16.5 Å². The monoisotopic (exact) mass is 341 g/mol. The van der Waals surface area contributed by atoms with Crippen LogP contribution in [0.5, 0.6) is 0 Å². The molecule has 0 bridgehead atoms. The minimum absolute atomic E-state index is 0.0969. The number of benzene rings is 1. The minimum Gasteiger partial charge on any atom is -0.369 e. The summed E-state index contributed by atoms with van der Waals surface area (Å²) in [6, 6.07) is 9.89. The van der Waals surface area contributed by atoms with Gasteiger partial charge in [0.1, 0.15) is 0 Å². The molecule has 1 aromatic carbocycles. The van der Waals surface area contributed by atoms with E-state index in [4.69, 9.17) is 5.73 Å².